The van der Waals surface area contributed by atoms with E-state index in [-0.39, 0.29) is 11.8 Å². The van der Waals surface area contributed by atoms with Crippen molar-refractivity contribution in [2.45, 2.75) is 51.0 Å². The van der Waals surface area contributed by atoms with Gasteiger partial charge in [-0.05, 0) is 57.0 Å². The topological polar surface area (TPSA) is 58.4 Å². The summed E-state index contributed by atoms with van der Waals surface area (Å²) in [6.45, 7) is 3.96. The lowest BCUT2D eigenvalue weighted by molar-refractivity contribution is -0.127. The number of nitrogens with two attached hydrogens (primary N) is 1. The van der Waals surface area contributed by atoms with Crippen LogP contribution in [0.1, 0.15) is 44.9 Å². The molecule has 0 radical (unpaired) electrons. The maximum Gasteiger partial charge on any atom is 0.223 e. The number of amides is 1. The zero-order valence-electron chi connectivity index (χ0n) is 12.5. The monoisotopic (exact) mass is 279 g/mol. The van der Waals surface area contributed by atoms with Gasteiger partial charge in [0, 0.05) is 25.0 Å². The van der Waals surface area contributed by atoms with Crippen molar-refractivity contribution in [1.82, 2.24) is 10.2 Å². The van der Waals surface area contributed by atoms with E-state index in [1.807, 2.05) is 0 Å². The number of nitrogens with zero attached hydrogens (tertiary/aromatic N) is 1. The molecule has 0 aromatic carbocycles. The van der Waals surface area contributed by atoms with Crippen molar-refractivity contribution < 1.29 is 4.79 Å². The Hall–Kier alpha value is -0.610. The highest BCUT2D eigenvalue weighted by atomic mass is 16.1. The first-order valence-corrected chi connectivity index (χ1v) is 8.49. The Balaban J connectivity index is 1.42. The van der Waals surface area contributed by atoms with E-state index in [0.717, 1.165) is 25.4 Å². The van der Waals surface area contributed by atoms with Gasteiger partial charge >= 0.3 is 0 Å². The molecule has 3 N–H and O–H groups in total. The van der Waals surface area contributed by atoms with Gasteiger partial charge in [0.25, 0.3) is 0 Å². The predicted octanol–water partition coefficient (Wildman–Crippen LogP) is 1.35. The summed E-state index contributed by atoms with van der Waals surface area (Å²) in [6.07, 6.45) is 8.62. The molecule has 4 nitrogen and oxygen atoms in total. The van der Waals surface area contributed by atoms with Gasteiger partial charge in [-0.3, -0.25) is 4.79 Å². The van der Waals surface area contributed by atoms with E-state index in [0.29, 0.717) is 18.4 Å². The Morgan fingerprint density at radius 3 is 2.70 bits per heavy atom. The molecule has 3 unspecified atom stereocenters. The molecular weight excluding hydrogens is 250 g/mol. The highest BCUT2D eigenvalue weighted by Crippen LogP contribution is 2.32. The number of hydrogen-bond donors (Lipinski definition) is 2. The molecule has 3 atom stereocenters. The summed E-state index contributed by atoms with van der Waals surface area (Å²) in [6, 6.07) is 0.871. The molecule has 4 heteroatoms. The molecule has 0 aromatic heterocycles. The van der Waals surface area contributed by atoms with Crippen molar-refractivity contribution in [3.8, 4) is 0 Å². The third-order valence-corrected chi connectivity index (χ3v) is 5.49. The van der Waals surface area contributed by atoms with Gasteiger partial charge in [0.1, 0.15) is 0 Å². The standard InChI is InChI=1S/C16H29N3O/c17-9-13-3-1-2-4-15(13)16(20)18-10-12-7-8-19(11-12)14-5-6-14/h12-15H,1-11,17H2,(H,18,20). The second-order valence-corrected chi connectivity index (χ2v) is 7.01. The predicted molar refractivity (Wildman–Crippen MR) is 80.2 cm³/mol. The first kappa shape index (κ1) is 14.3. The molecule has 20 heavy (non-hydrogen) atoms. The number of carbonyl (C=O) groups is 1. The van der Waals surface area contributed by atoms with Crippen LogP contribution in [-0.4, -0.2) is 43.0 Å². The highest BCUT2D eigenvalue weighted by Gasteiger charge is 2.35. The third-order valence-electron chi connectivity index (χ3n) is 5.49. The lowest BCUT2D eigenvalue weighted by atomic mass is 9.78. The summed E-state index contributed by atoms with van der Waals surface area (Å²) < 4.78 is 0. The van der Waals surface area contributed by atoms with Gasteiger partial charge in [-0.25, -0.2) is 0 Å². The van der Waals surface area contributed by atoms with Crippen LogP contribution in [0, 0.1) is 17.8 Å². The molecule has 1 heterocycles. The molecule has 1 amide bonds. The number of rotatable bonds is 5. The third kappa shape index (κ3) is 3.34. The first-order valence-electron chi connectivity index (χ1n) is 8.49. The van der Waals surface area contributed by atoms with Crippen molar-refractivity contribution in [2.24, 2.45) is 23.5 Å². The lowest BCUT2D eigenvalue weighted by Gasteiger charge is -2.29. The maximum atomic E-state index is 12.4. The Bertz CT molecular complexity index is 343. The van der Waals surface area contributed by atoms with Gasteiger partial charge < -0.3 is 16.0 Å². The molecule has 2 aliphatic carbocycles. The quantitative estimate of drug-likeness (QED) is 0.799. The van der Waals surface area contributed by atoms with Crippen LogP contribution in [0.3, 0.4) is 0 Å². The van der Waals surface area contributed by atoms with E-state index >= 15 is 0 Å². The van der Waals surface area contributed by atoms with Crippen molar-refractivity contribution in [2.75, 3.05) is 26.2 Å². The zero-order valence-corrected chi connectivity index (χ0v) is 12.5. The number of carbonyl (C=O) groups excluding carboxylic acids is 1. The molecule has 2 saturated carbocycles. The van der Waals surface area contributed by atoms with Crippen LogP contribution in [0.5, 0.6) is 0 Å². The minimum atomic E-state index is 0.176. The van der Waals surface area contributed by atoms with Crippen LogP contribution in [0.2, 0.25) is 0 Å². The van der Waals surface area contributed by atoms with Crippen LogP contribution in [-0.2, 0) is 4.79 Å². The van der Waals surface area contributed by atoms with Gasteiger partial charge in [0.15, 0.2) is 0 Å². The lowest BCUT2D eigenvalue weighted by Crippen LogP contribution is -2.41. The number of nitrogens with one attached hydrogen (secondary N) is 1. The second-order valence-electron chi connectivity index (χ2n) is 7.01. The van der Waals surface area contributed by atoms with Crippen molar-refractivity contribution in [3.05, 3.63) is 0 Å². The molecule has 3 aliphatic rings. The zero-order chi connectivity index (χ0) is 13.9. The fourth-order valence-corrected chi connectivity index (χ4v) is 4.01. The van der Waals surface area contributed by atoms with Crippen molar-refractivity contribution >= 4 is 5.91 Å². The smallest absolute Gasteiger partial charge is 0.223 e. The Morgan fingerprint density at radius 1 is 1.15 bits per heavy atom. The van der Waals surface area contributed by atoms with E-state index in [1.54, 1.807) is 0 Å². The van der Waals surface area contributed by atoms with Crippen LogP contribution in [0.4, 0.5) is 0 Å². The van der Waals surface area contributed by atoms with Gasteiger partial charge in [-0.2, -0.15) is 0 Å². The van der Waals surface area contributed by atoms with Crippen molar-refractivity contribution in [3.63, 3.8) is 0 Å². The Morgan fingerprint density at radius 2 is 1.95 bits per heavy atom. The minimum absolute atomic E-state index is 0.176. The van der Waals surface area contributed by atoms with Crippen LogP contribution < -0.4 is 11.1 Å². The van der Waals surface area contributed by atoms with E-state index in [2.05, 4.69) is 10.2 Å². The normalized spacial score (nSPS) is 35.1. The number of likely N-dealkylation sites (tertiary alicyclic amines) is 1. The number of hydrogen-bond acceptors (Lipinski definition) is 3. The van der Waals surface area contributed by atoms with Crippen LogP contribution in [0.25, 0.3) is 0 Å². The second kappa shape index (κ2) is 6.44. The largest absolute Gasteiger partial charge is 0.356 e. The molecule has 0 spiro atoms. The average Bonchev–Trinajstić information content (AvgIpc) is 3.23. The Labute approximate surface area is 122 Å². The summed E-state index contributed by atoms with van der Waals surface area (Å²) in [5, 5.41) is 3.22. The summed E-state index contributed by atoms with van der Waals surface area (Å²) >= 11 is 0. The first-order chi connectivity index (χ1) is 9.78. The maximum absolute atomic E-state index is 12.4. The van der Waals surface area contributed by atoms with E-state index in [4.69, 9.17) is 5.73 Å². The molecule has 1 aliphatic heterocycles. The average molecular weight is 279 g/mol. The summed E-state index contributed by atoms with van der Waals surface area (Å²) in [7, 11) is 0. The SMILES string of the molecule is NCC1CCCCC1C(=O)NCC1CCN(C2CC2)C1. The van der Waals surface area contributed by atoms with E-state index in [9.17, 15) is 4.79 Å². The molecular formula is C16H29N3O. The van der Waals surface area contributed by atoms with Crippen LogP contribution >= 0.6 is 0 Å². The van der Waals surface area contributed by atoms with Crippen molar-refractivity contribution in [1.29, 1.82) is 0 Å². The summed E-state index contributed by atoms with van der Waals surface area (Å²) in [5.41, 5.74) is 5.82. The van der Waals surface area contributed by atoms with Crippen LogP contribution in [0.15, 0.2) is 0 Å². The fraction of sp³-hybridized carbons (Fsp3) is 0.938. The highest BCUT2D eigenvalue weighted by molar-refractivity contribution is 5.79. The minimum Gasteiger partial charge on any atom is -0.356 e. The van der Waals surface area contributed by atoms with Gasteiger partial charge in [-0.15, -0.1) is 0 Å². The van der Waals surface area contributed by atoms with Gasteiger partial charge in [0.2, 0.25) is 5.91 Å². The fourth-order valence-electron chi connectivity index (χ4n) is 4.01. The molecule has 1 saturated heterocycles. The van der Waals surface area contributed by atoms with E-state index < -0.39 is 0 Å². The van der Waals surface area contributed by atoms with Gasteiger partial charge in [-0.1, -0.05) is 12.8 Å². The molecule has 114 valence electrons. The summed E-state index contributed by atoms with van der Waals surface area (Å²) in [5.74, 6) is 1.52. The van der Waals surface area contributed by atoms with E-state index in [1.165, 1.54) is 45.2 Å². The molecule has 3 rings (SSSR count). The summed E-state index contributed by atoms with van der Waals surface area (Å²) in [4.78, 5) is 15.0. The molecule has 0 bridgehead atoms. The Kier molecular flexibility index (Phi) is 4.61. The van der Waals surface area contributed by atoms with Gasteiger partial charge in [0.05, 0.1) is 0 Å². The molecule has 3 fully saturated rings. The molecule has 0 aromatic rings.